The van der Waals surface area contributed by atoms with Crippen LogP contribution in [0.5, 0.6) is 0 Å². The fourth-order valence-electron chi connectivity index (χ4n) is 3.63. The van der Waals surface area contributed by atoms with E-state index in [1.54, 1.807) is 0 Å². The molecule has 0 aromatic heterocycles. The van der Waals surface area contributed by atoms with Gasteiger partial charge < -0.3 is 5.11 Å². The van der Waals surface area contributed by atoms with Crippen LogP contribution in [0.1, 0.15) is 64.7 Å². The lowest BCUT2D eigenvalue weighted by molar-refractivity contribution is -0.148. The molecule has 0 aliphatic heterocycles. The van der Waals surface area contributed by atoms with Gasteiger partial charge in [0.1, 0.15) is 0 Å². The Balaban J connectivity index is 2.30. The lowest BCUT2D eigenvalue weighted by Crippen LogP contribution is -2.37. The van der Waals surface area contributed by atoms with Crippen LogP contribution in [0.15, 0.2) is 24.3 Å². The van der Waals surface area contributed by atoms with Crippen LogP contribution in [0.3, 0.4) is 0 Å². The molecule has 0 spiro atoms. The lowest BCUT2D eigenvalue weighted by atomic mass is 9.67. The molecule has 0 radical (unpaired) electrons. The van der Waals surface area contributed by atoms with Crippen molar-refractivity contribution in [2.45, 2.75) is 64.7 Å². The van der Waals surface area contributed by atoms with Crippen LogP contribution >= 0.6 is 0 Å². The Labute approximate surface area is 123 Å². The minimum Gasteiger partial charge on any atom is -0.481 e. The van der Waals surface area contributed by atoms with Crippen molar-refractivity contribution in [1.29, 1.82) is 0 Å². The highest BCUT2D eigenvalue weighted by Crippen LogP contribution is 2.42. The number of rotatable bonds is 2. The van der Waals surface area contributed by atoms with Crippen LogP contribution in [0.2, 0.25) is 0 Å². The summed E-state index contributed by atoms with van der Waals surface area (Å²) in [5.41, 5.74) is -0.664. The summed E-state index contributed by atoms with van der Waals surface area (Å²) in [6.45, 7) is 2.20. The number of allylic oxidation sites excluding steroid dienone is 3. The fourth-order valence-corrected chi connectivity index (χ4v) is 3.63. The first-order valence-electron chi connectivity index (χ1n) is 8.24. The van der Waals surface area contributed by atoms with Gasteiger partial charge in [-0.2, -0.15) is 0 Å². The van der Waals surface area contributed by atoms with Gasteiger partial charge in [-0.3, -0.25) is 4.79 Å². The summed E-state index contributed by atoms with van der Waals surface area (Å²) in [7, 11) is 0. The van der Waals surface area contributed by atoms with E-state index in [-0.39, 0.29) is 5.92 Å². The predicted molar refractivity (Wildman–Crippen MR) is 82.6 cm³/mol. The predicted octanol–water partition coefficient (Wildman–Crippen LogP) is 4.96. The minimum atomic E-state index is -0.664. The van der Waals surface area contributed by atoms with Gasteiger partial charge >= 0.3 is 5.97 Å². The standard InChI is InChI=1S/C18H28O2/c1-15-9-7-8-13-18(14-12-15,17(19)20)16-10-5-3-2-4-6-11-16/h5,10,12,14-16H,2-4,6-9,11,13H2,1H3,(H,19,20). The molecule has 2 heteroatoms. The largest absolute Gasteiger partial charge is 0.481 e. The number of hydrogen-bond donors (Lipinski definition) is 1. The van der Waals surface area contributed by atoms with Crippen molar-refractivity contribution >= 4 is 5.97 Å². The van der Waals surface area contributed by atoms with Crippen molar-refractivity contribution in [1.82, 2.24) is 0 Å². The molecule has 3 atom stereocenters. The van der Waals surface area contributed by atoms with Gasteiger partial charge in [0.05, 0.1) is 5.41 Å². The molecule has 2 aliphatic rings. The number of hydrogen-bond acceptors (Lipinski definition) is 1. The number of carbonyl (C=O) groups is 1. The Morgan fingerprint density at radius 1 is 1.10 bits per heavy atom. The van der Waals surface area contributed by atoms with Gasteiger partial charge in [-0.05, 0) is 43.9 Å². The zero-order chi connectivity index (χ0) is 14.4. The van der Waals surface area contributed by atoms with E-state index in [4.69, 9.17) is 0 Å². The van der Waals surface area contributed by atoms with Crippen molar-refractivity contribution in [2.24, 2.45) is 17.3 Å². The normalized spacial score (nSPS) is 35.6. The first kappa shape index (κ1) is 15.3. The fraction of sp³-hybridized carbons (Fsp3) is 0.722. The zero-order valence-corrected chi connectivity index (χ0v) is 12.7. The lowest BCUT2D eigenvalue weighted by Gasteiger charge is -2.35. The van der Waals surface area contributed by atoms with Crippen LogP contribution in [-0.2, 0) is 4.79 Å². The van der Waals surface area contributed by atoms with Gasteiger partial charge in [0.2, 0.25) is 0 Å². The highest BCUT2D eigenvalue weighted by Gasteiger charge is 2.42. The molecule has 0 aromatic carbocycles. The molecule has 0 saturated carbocycles. The van der Waals surface area contributed by atoms with Gasteiger partial charge in [0, 0.05) is 0 Å². The summed E-state index contributed by atoms with van der Waals surface area (Å²) in [4.78, 5) is 12.1. The van der Waals surface area contributed by atoms with E-state index in [1.807, 2.05) is 6.08 Å². The second kappa shape index (κ2) is 7.10. The van der Waals surface area contributed by atoms with E-state index < -0.39 is 11.4 Å². The summed E-state index contributed by atoms with van der Waals surface area (Å²) in [5.74, 6) is 0.0477. The second-order valence-corrected chi connectivity index (χ2v) is 6.60. The molecule has 2 rings (SSSR count). The maximum Gasteiger partial charge on any atom is 0.314 e. The Kier molecular flexibility index (Phi) is 5.45. The summed E-state index contributed by atoms with van der Waals surface area (Å²) < 4.78 is 0. The van der Waals surface area contributed by atoms with Gasteiger partial charge in [-0.1, -0.05) is 56.9 Å². The third-order valence-electron chi connectivity index (χ3n) is 5.04. The minimum absolute atomic E-state index is 0.168. The summed E-state index contributed by atoms with van der Waals surface area (Å²) >= 11 is 0. The van der Waals surface area contributed by atoms with Crippen LogP contribution in [0.25, 0.3) is 0 Å². The number of carboxylic acid groups (broad SMARTS) is 1. The molecule has 0 bridgehead atoms. The number of carboxylic acids is 1. The monoisotopic (exact) mass is 276 g/mol. The van der Waals surface area contributed by atoms with Crippen molar-refractivity contribution in [3.8, 4) is 0 Å². The summed E-state index contributed by atoms with van der Waals surface area (Å²) in [6.07, 6.45) is 18.5. The van der Waals surface area contributed by atoms with Gasteiger partial charge in [0.15, 0.2) is 0 Å². The molecule has 2 nitrogen and oxygen atoms in total. The summed E-state index contributed by atoms with van der Waals surface area (Å²) in [6, 6.07) is 0. The Morgan fingerprint density at radius 2 is 1.90 bits per heavy atom. The highest BCUT2D eigenvalue weighted by atomic mass is 16.4. The van der Waals surface area contributed by atoms with Gasteiger partial charge in [0.25, 0.3) is 0 Å². The van der Waals surface area contributed by atoms with Crippen molar-refractivity contribution in [3.05, 3.63) is 24.3 Å². The third-order valence-corrected chi connectivity index (χ3v) is 5.04. The average molecular weight is 276 g/mol. The molecule has 112 valence electrons. The quantitative estimate of drug-likeness (QED) is 0.724. The Hall–Kier alpha value is -1.05. The van der Waals surface area contributed by atoms with E-state index in [1.165, 1.54) is 19.3 Å². The first-order chi connectivity index (χ1) is 9.65. The van der Waals surface area contributed by atoms with Gasteiger partial charge in [-0.15, -0.1) is 0 Å². The van der Waals surface area contributed by atoms with Crippen molar-refractivity contribution in [2.75, 3.05) is 0 Å². The molecule has 0 fully saturated rings. The zero-order valence-electron chi connectivity index (χ0n) is 12.7. The molecule has 20 heavy (non-hydrogen) atoms. The van der Waals surface area contributed by atoms with Crippen LogP contribution < -0.4 is 0 Å². The maximum atomic E-state index is 12.1. The molecule has 0 heterocycles. The Morgan fingerprint density at radius 3 is 2.70 bits per heavy atom. The third kappa shape index (κ3) is 3.53. The SMILES string of the molecule is CC1C=CC(C(=O)O)(C2C=CCCCCC2)CCCC1. The van der Waals surface area contributed by atoms with Crippen LogP contribution in [-0.4, -0.2) is 11.1 Å². The topological polar surface area (TPSA) is 37.3 Å². The van der Waals surface area contributed by atoms with Crippen molar-refractivity contribution < 1.29 is 9.90 Å². The molecule has 2 aliphatic carbocycles. The van der Waals surface area contributed by atoms with E-state index in [9.17, 15) is 9.90 Å². The average Bonchev–Trinajstić information content (AvgIpc) is 2.35. The van der Waals surface area contributed by atoms with E-state index in [0.29, 0.717) is 5.92 Å². The second-order valence-electron chi connectivity index (χ2n) is 6.60. The van der Waals surface area contributed by atoms with E-state index in [2.05, 4.69) is 25.2 Å². The van der Waals surface area contributed by atoms with E-state index in [0.717, 1.165) is 38.5 Å². The number of aliphatic carboxylic acids is 1. The smallest absolute Gasteiger partial charge is 0.314 e. The first-order valence-corrected chi connectivity index (χ1v) is 8.24. The molecular formula is C18H28O2. The van der Waals surface area contributed by atoms with Crippen LogP contribution in [0.4, 0.5) is 0 Å². The van der Waals surface area contributed by atoms with Gasteiger partial charge in [-0.25, -0.2) is 0 Å². The highest BCUT2D eigenvalue weighted by molar-refractivity contribution is 5.78. The Bertz CT molecular complexity index is 383. The molecule has 1 N–H and O–H groups in total. The molecular weight excluding hydrogens is 248 g/mol. The molecule has 0 aromatic rings. The molecule has 3 unspecified atom stereocenters. The molecule has 0 saturated heterocycles. The maximum absolute atomic E-state index is 12.1. The van der Waals surface area contributed by atoms with Crippen LogP contribution in [0, 0.1) is 17.3 Å². The van der Waals surface area contributed by atoms with E-state index >= 15 is 0 Å². The summed E-state index contributed by atoms with van der Waals surface area (Å²) in [5, 5.41) is 9.92. The van der Waals surface area contributed by atoms with Crippen molar-refractivity contribution in [3.63, 3.8) is 0 Å². The molecule has 0 amide bonds.